The Labute approximate surface area is 227 Å². The van der Waals surface area contributed by atoms with Gasteiger partial charge in [0.25, 0.3) is 0 Å². The van der Waals surface area contributed by atoms with Gasteiger partial charge in [-0.05, 0) is 56.2 Å². The Kier molecular flexibility index (Phi) is 5.60. The highest BCUT2D eigenvalue weighted by atomic mass is 19.1. The summed E-state index contributed by atoms with van der Waals surface area (Å²) < 4.78 is 23.3. The van der Waals surface area contributed by atoms with Crippen LogP contribution >= 0.6 is 0 Å². The SMILES string of the molecule is Cc1nnn(C)c1-c1cnc2c(c1)N(C(c1ccccc1)C1CCOCC1)C1=C3CCC(=O)C3=C(F)CC12C. The fraction of sp³-hybridized carbons (Fsp3) is 0.419. The maximum Gasteiger partial charge on any atom is 0.166 e. The normalized spacial score (nSPS) is 23.8. The zero-order valence-electron chi connectivity index (χ0n) is 22.6. The van der Waals surface area contributed by atoms with E-state index in [9.17, 15) is 4.79 Å². The number of hydrogen-bond acceptors (Lipinski definition) is 6. The van der Waals surface area contributed by atoms with Crippen molar-refractivity contribution in [3.8, 4) is 11.3 Å². The van der Waals surface area contributed by atoms with Gasteiger partial charge in [-0.2, -0.15) is 0 Å². The van der Waals surface area contributed by atoms with E-state index in [0.29, 0.717) is 37.5 Å². The third-order valence-electron chi connectivity index (χ3n) is 9.06. The summed E-state index contributed by atoms with van der Waals surface area (Å²) in [6, 6.07) is 12.8. The molecular formula is C31H32FN5O2. The van der Waals surface area contributed by atoms with Crippen molar-refractivity contribution in [1.82, 2.24) is 20.0 Å². The van der Waals surface area contributed by atoms with E-state index in [0.717, 1.165) is 52.4 Å². The summed E-state index contributed by atoms with van der Waals surface area (Å²) in [6.07, 6.45) is 4.78. The van der Waals surface area contributed by atoms with E-state index in [1.54, 1.807) is 4.68 Å². The Bertz CT molecular complexity index is 1530. The number of anilines is 1. The second kappa shape index (κ2) is 8.95. The van der Waals surface area contributed by atoms with Gasteiger partial charge in [0, 0.05) is 50.6 Å². The summed E-state index contributed by atoms with van der Waals surface area (Å²) in [7, 11) is 1.89. The third kappa shape index (κ3) is 3.57. The molecule has 4 aliphatic rings. The molecule has 2 aliphatic carbocycles. The molecule has 2 atom stereocenters. The number of allylic oxidation sites excluding steroid dienone is 4. The van der Waals surface area contributed by atoms with Gasteiger partial charge >= 0.3 is 0 Å². The quantitative estimate of drug-likeness (QED) is 0.437. The number of pyridine rings is 1. The molecule has 200 valence electrons. The fourth-order valence-corrected chi connectivity index (χ4v) is 7.40. The lowest BCUT2D eigenvalue weighted by Gasteiger charge is -2.42. The molecule has 8 heteroatoms. The van der Waals surface area contributed by atoms with Crippen LogP contribution in [0.1, 0.15) is 62.0 Å². The van der Waals surface area contributed by atoms with Gasteiger partial charge in [-0.25, -0.2) is 9.07 Å². The maximum atomic E-state index is 15.7. The molecule has 1 saturated heterocycles. The lowest BCUT2D eigenvalue weighted by atomic mass is 9.74. The van der Waals surface area contributed by atoms with Crippen molar-refractivity contribution in [2.24, 2.45) is 13.0 Å². The number of aryl methyl sites for hydroxylation is 2. The van der Waals surface area contributed by atoms with Crippen molar-refractivity contribution in [2.45, 2.75) is 57.4 Å². The monoisotopic (exact) mass is 525 g/mol. The number of nitrogens with zero attached hydrogens (tertiary/aromatic N) is 5. The first-order valence-electron chi connectivity index (χ1n) is 13.8. The van der Waals surface area contributed by atoms with Crippen LogP contribution in [0, 0.1) is 12.8 Å². The van der Waals surface area contributed by atoms with E-state index in [4.69, 9.17) is 9.72 Å². The van der Waals surface area contributed by atoms with Crippen LogP contribution in [0.5, 0.6) is 0 Å². The smallest absolute Gasteiger partial charge is 0.166 e. The molecular weight excluding hydrogens is 493 g/mol. The predicted molar refractivity (Wildman–Crippen MR) is 146 cm³/mol. The van der Waals surface area contributed by atoms with E-state index >= 15 is 4.39 Å². The number of ether oxygens (including phenoxy) is 1. The van der Waals surface area contributed by atoms with Crippen molar-refractivity contribution < 1.29 is 13.9 Å². The number of halogens is 1. The van der Waals surface area contributed by atoms with Crippen molar-refractivity contribution >= 4 is 11.5 Å². The van der Waals surface area contributed by atoms with Crippen LogP contribution in [-0.4, -0.2) is 39.0 Å². The van der Waals surface area contributed by atoms with Gasteiger partial charge in [-0.15, -0.1) is 5.10 Å². The van der Waals surface area contributed by atoms with Crippen molar-refractivity contribution in [3.63, 3.8) is 0 Å². The van der Waals surface area contributed by atoms with Crippen molar-refractivity contribution in [2.75, 3.05) is 18.1 Å². The molecule has 1 aromatic carbocycles. The summed E-state index contributed by atoms with van der Waals surface area (Å²) in [5.74, 6) is -0.0588. The van der Waals surface area contributed by atoms with Gasteiger partial charge in [-0.3, -0.25) is 9.78 Å². The lowest BCUT2D eigenvalue weighted by Crippen LogP contribution is -2.39. The Morgan fingerprint density at radius 2 is 1.92 bits per heavy atom. The minimum atomic E-state index is -0.667. The molecule has 3 aromatic rings. The fourth-order valence-electron chi connectivity index (χ4n) is 7.40. The summed E-state index contributed by atoms with van der Waals surface area (Å²) >= 11 is 0. The standard InChI is InChI=1S/C31H32FN5O2/c1-18-27(36(3)35-34-18)21-15-24-29(33-17-21)31(2)16-23(32)26-22(9-10-25(26)38)30(31)37(24)28(19-7-5-4-6-8-19)20-11-13-39-14-12-20/h4-8,15,17,20,28H,9-14,16H2,1-3H3. The molecule has 0 radical (unpaired) electrons. The highest BCUT2D eigenvalue weighted by Gasteiger charge is 2.54. The van der Waals surface area contributed by atoms with Crippen LogP contribution in [0.2, 0.25) is 0 Å². The van der Waals surface area contributed by atoms with Gasteiger partial charge in [0.05, 0.1) is 39.8 Å². The third-order valence-corrected chi connectivity index (χ3v) is 9.06. The summed E-state index contributed by atoms with van der Waals surface area (Å²) in [4.78, 5) is 20.4. The largest absolute Gasteiger partial charge is 0.381 e. The number of benzene rings is 1. The van der Waals surface area contributed by atoms with Crippen LogP contribution in [0.15, 0.2) is 65.3 Å². The second-order valence-corrected chi connectivity index (χ2v) is 11.5. The Hall–Kier alpha value is -3.65. The lowest BCUT2D eigenvalue weighted by molar-refractivity contribution is -0.114. The number of aromatic nitrogens is 4. The summed E-state index contributed by atoms with van der Waals surface area (Å²) in [6.45, 7) is 5.48. The number of Topliss-reactive ketones (excluding diaryl/α,β-unsaturated/α-hetero) is 1. The molecule has 0 amide bonds. The van der Waals surface area contributed by atoms with Crippen LogP contribution in [-0.2, 0) is 22.0 Å². The molecule has 2 aromatic heterocycles. The molecule has 7 nitrogen and oxygen atoms in total. The van der Waals surface area contributed by atoms with Gasteiger partial charge in [0.15, 0.2) is 5.78 Å². The average molecular weight is 526 g/mol. The van der Waals surface area contributed by atoms with E-state index in [2.05, 4.69) is 52.5 Å². The van der Waals surface area contributed by atoms with E-state index in [-0.39, 0.29) is 24.1 Å². The Balaban J connectivity index is 1.51. The Morgan fingerprint density at radius 1 is 1.15 bits per heavy atom. The first-order chi connectivity index (χ1) is 18.9. The number of carbonyl (C=O) groups excluding carboxylic acids is 1. The second-order valence-electron chi connectivity index (χ2n) is 11.5. The van der Waals surface area contributed by atoms with E-state index < -0.39 is 5.41 Å². The number of rotatable bonds is 4. The Morgan fingerprint density at radius 3 is 2.64 bits per heavy atom. The van der Waals surface area contributed by atoms with Crippen LogP contribution in [0.25, 0.3) is 11.3 Å². The van der Waals surface area contributed by atoms with E-state index in [1.165, 1.54) is 5.56 Å². The van der Waals surface area contributed by atoms with Gasteiger partial charge in [-0.1, -0.05) is 35.5 Å². The molecule has 0 N–H and O–H groups in total. The number of hydrogen-bond donors (Lipinski definition) is 0. The highest BCUT2D eigenvalue weighted by molar-refractivity contribution is 6.04. The predicted octanol–water partition coefficient (Wildman–Crippen LogP) is 5.68. The van der Waals surface area contributed by atoms with Crippen LogP contribution in [0.3, 0.4) is 0 Å². The molecule has 4 heterocycles. The number of ketones is 1. The molecule has 0 bridgehead atoms. The first-order valence-corrected chi connectivity index (χ1v) is 13.8. The van der Waals surface area contributed by atoms with Crippen LogP contribution < -0.4 is 4.90 Å². The molecule has 1 saturated carbocycles. The van der Waals surface area contributed by atoms with E-state index in [1.807, 2.05) is 26.2 Å². The topological polar surface area (TPSA) is 73.1 Å². The van der Waals surface area contributed by atoms with Gasteiger partial charge in [0.2, 0.25) is 0 Å². The average Bonchev–Trinajstić information content (AvgIpc) is 3.57. The van der Waals surface area contributed by atoms with Crippen molar-refractivity contribution in [3.05, 3.63) is 82.2 Å². The molecule has 0 spiro atoms. The molecule has 2 aliphatic heterocycles. The molecule has 2 unspecified atom stereocenters. The molecule has 2 fully saturated rings. The molecule has 7 rings (SSSR count). The summed E-state index contributed by atoms with van der Waals surface area (Å²) in [5.41, 5.74) is 7.26. The summed E-state index contributed by atoms with van der Waals surface area (Å²) in [5, 5.41) is 8.48. The number of carbonyl (C=O) groups is 1. The minimum Gasteiger partial charge on any atom is -0.381 e. The van der Waals surface area contributed by atoms with Crippen molar-refractivity contribution in [1.29, 1.82) is 0 Å². The first kappa shape index (κ1) is 24.4. The minimum absolute atomic E-state index is 0.000836. The van der Waals surface area contributed by atoms with Gasteiger partial charge in [0.1, 0.15) is 5.83 Å². The number of fused-ring (bicyclic) bond motifs is 4. The maximum absolute atomic E-state index is 15.7. The highest BCUT2D eigenvalue weighted by Crippen LogP contribution is 2.60. The zero-order valence-corrected chi connectivity index (χ0v) is 22.6. The van der Waals surface area contributed by atoms with Crippen LogP contribution in [0.4, 0.5) is 10.1 Å². The zero-order chi connectivity index (χ0) is 26.9. The van der Waals surface area contributed by atoms with Gasteiger partial charge < -0.3 is 9.64 Å². The molecule has 39 heavy (non-hydrogen) atoms.